The van der Waals surface area contributed by atoms with Gasteiger partial charge in [0.2, 0.25) is 35.4 Å². The maximum Gasteiger partial charge on any atom is 0.251 e. The minimum Gasteiger partial charge on any atom is -0.394 e. The number of likely N-dealkylation sites (tertiary alicyclic amines) is 2. The van der Waals surface area contributed by atoms with Crippen LogP contribution < -0.4 is 42.5 Å². The van der Waals surface area contributed by atoms with Gasteiger partial charge in [0.25, 0.3) is 11.8 Å². The molecule has 0 spiro atoms. The highest BCUT2D eigenvalue weighted by molar-refractivity contribution is 6.01. The van der Waals surface area contributed by atoms with Crippen molar-refractivity contribution >= 4 is 72.1 Å². The van der Waals surface area contributed by atoms with E-state index in [0.29, 0.717) is 11.1 Å². The van der Waals surface area contributed by atoms with Gasteiger partial charge < -0.3 is 62.5 Å². The van der Waals surface area contributed by atoms with Crippen LogP contribution in [-0.4, -0.2) is 156 Å². The largest absolute Gasteiger partial charge is 0.394 e. The highest BCUT2D eigenvalue weighted by Crippen LogP contribution is 2.29. The highest BCUT2D eigenvalue weighted by Gasteiger charge is 2.48. The Morgan fingerprint density at radius 3 is 1.18 bits per heavy atom. The molecule has 0 aromatic heterocycles. The molecule has 3 aromatic rings. The number of amides is 8. The quantitative estimate of drug-likeness (QED) is 0.0778. The summed E-state index contributed by atoms with van der Waals surface area (Å²) in [6.07, 6.45) is -0.0308. The van der Waals surface area contributed by atoms with Crippen LogP contribution in [0.5, 0.6) is 0 Å². The van der Waals surface area contributed by atoms with Gasteiger partial charge in [-0.15, -0.1) is 24.8 Å². The Morgan fingerprint density at radius 2 is 0.882 bits per heavy atom. The van der Waals surface area contributed by atoms with Gasteiger partial charge in [-0.05, 0) is 80.9 Å². The summed E-state index contributed by atoms with van der Waals surface area (Å²) in [5, 5.41) is 43.6. The molecule has 2 aliphatic heterocycles. The third-order valence-corrected chi connectivity index (χ3v) is 13.7. The van der Waals surface area contributed by atoms with E-state index >= 15 is 0 Å². The topological polar surface area (TPSA) is 280 Å². The first-order valence-corrected chi connectivity index (χ1v) is 25.1. The first kappa shape index (κ1) is 64.1. The summed E-state index contributed by atoms with van der Waals surface area (Å²) in [5.41, 5.74) is -0.146. The number of carbonyl (C=O) groups excluding carboxylic acids is 8. The second-order valence-corrected chi connectivity index (χ2v) is 21.4. The summed E-state index contributed by atoms with van der Waals surface area (Å²) in [6.45, 7) is 13.0. The summed E-state index contributed by atoms with van der Waals surface area (Å²) in [4.78, 5) is 115. The molecule has 0 unspecified atom stereocenters. The fraction of sp³-hybridized carbons (Fsp3) is 0.519. The van der Waals surface area contributed by atoms with Gasteiger partial charge in [0.05, 0.1) is 37.4 Å². The van der Waals surface area contributed by atoms with Gasteiger partial charge in [0, 0.05) is 36.3 Å². The molecule has 2 saturated heterocycles. The lowest BCUT2D eigenvalue weighted by molar-refractivity contribution is -0.144. The number of halogens is 2. The zero-order chi connectivity index (χ0) is 54.7. The van der Waals surface area contributed by atoms with E-state index in [2.05, 4.69) is 42.5 Å². The number of nitrogens with one attached hydrogen (secondary N) is 8. The van der Waals surface area contributed by atoms with Crippen molar-refractivity contribution in [3.8, 4) is 0 Å². The van der Waals surface area contributed by atoms with E-state index in [1.54, 1.807) is 130 Å². The summed E-state index contributed by atoms with van der Waals surface area (Å²) in [7, 11) is 3.23. The first-order chi connectivity index (χ1) is 34.9. The van der Waals surface area contributed by atoms with Crippen molar-refractivity contribution in [2.75, 3.05) is 40.4 Å². The van der Waals surface area contributed by atoms with E-state index in [0.717, 1.165) is 0 Å². The van der Waals surface area contributed by atoms with Crippen molar-refractivity contribution in [1.82, 2.24) is 52.3 Å². The molecule has 10 N–H and O–H groups in total. The van der Waals surface area contributed by atoms with E-state index < -0.39 is 132 Å². The third-order valence-electron chi connectivity index (χ3n) is 13.7. The lowest BCUT2D eigenvalue weighted by Gasteiger charge is -2.36. The summed E-state index contributed by atoms with van der Waals surface area (Å²) in [5.74, 6) is -4.27. The van der Waals surface area contributed by atoms with Crippen LogP contribution in [-0.2, 0) is 28.8 Å². The standard InChI is InChI=1S/C54H76N10O10.2ClH/c1-31(55-9)45(67)61-43(53(3,4)5)51(73)63-27-37(25-41(63)49(71)59-39(29-65)33-18-13-11-14-19-33)57-47(69)35-22-17-23-36(24-35)48(70)58-38-26-42(50(72)60-40(30-66)34-20-15-12-16-21-34)64(28-38)52(74)44(54(6,7)8)62-46(68)32(2)56-10;;/h11-24,31-32,37-44,55-56,65-66H,25-30H2,1-10H3,(H,57,69)(H,58,70)(H,59,71)(H,60,72)(H,61,67)(H,62,68);2*1H/t31-,32-,37-,38-,39+,40+,41-,42-,43+,44+;;/m0../s1. The zero-order valence-corrected chi connectivity index (χ0v) is 46.6. The molecule has 2 heterocycles. The Bertz CT molecular complexity index is 2310. The molecule has 22 heteroatoms. The zero-order valence-electron chi connectivity index (χ0n) is 45.0. The number of carbonyl (C=O) groups is 8. The van der Waals surface area contributed by atoms with Crippen molar-refractivity contribution in [1.29, 1.82) is 0 Å². The van der Waals surface area contributed by atoms with Gasteiger partial charge in [-0.3, -0.25) is 38.4 Å². The molecule has 0 aliphatic carbocycles. The number of aliphatic hydroxyl groups excluding tert-OH is 2. The van der Waals surface area contributed by atoms with Crippen LogP contribution in [0.1, 0.15) is 112 Å². The molecular formula is C54H78Cl2N10O10. The molecule has 8 amide bonds. The molecular weight excluding hydrogens is 1020 g/mol. The van der Waals surface area contributed by atoms with Crippen LogP contribution in [0.4, 0.5) is 0 Å². The number of hydrogen-bond donors (Lipinski definition) is 10. The number of benzene rings is 3. The molecule has 2 aliphatic rings. The number of nitrogens with zero attached hydrogens (tertiary/aromatic N) is 2. The molecule has 10 atom stereocenters. The van der Waals surface area contributed by atoms with E-state index in [1.165, 1.54) is 34.1 Å². The third kappa shape index (κ3) is 16.4. The van der Waals surface area contributed by atoms with Gasteiger partial charge in [-0.2, -0.15) is 0 Å². The molecule has 0 radical (unpaired) electrons. The summed E-state index contributed by atoms with van der Waals surface area (Å²) >= 11 is 0. The minimum absolute atomic E-state index is 0. The predicted molar refractivity (Wildman–Crippen MR) is 292 cm³/mol. The molecule has 0 saturated carbocycles. The van der Waals surface area contributed by atoms with E-state index in [-0.39, 0.29) is 61.9 Å². The maximum absolute atomic E-state index is 14.6. The van der Waals surface area contributed by atoms with Crippen molar-refractivity contribution in [2.45, 2.75) is 129 Å². The molecule has 2 fully saturated rings. The second-order valence-electron chi connectivity index (χ2n) is 21.4. The smallest absolute Gasteiger partial charge is 0.251 e. The number of rotatable bonds is 20. The van der Waals surface area contributed by atoms with Gasteiger partial charge in [-0.25, -0.2) is 0 Å². The van der Waals surface area contributed by atoms with E-state index in [9.17, 15) is 48.6 Å². The molecule has 20 nitrogen and oxygen atoms in total. The average molecular weight is 1100 g/mol. The number of aliphatic hydroxyl groups is 2. The van der Waals surface area contributed by atoms with Gasteiger partial charge in [-0.1, -0.05) is 108 Å². The van der Waals surface area contributed by atoms with Crippen LogP contribution >= 0.6 is 24.8 Å². The highest BCUT2D eigenvalue weighted by atomic mass is 35.5. The Kier molecular flexibility index (Phi) is 23.9. The van der Waals surface area contributed by atoms with Crippen molar-refractivity contribution in [2.24, 2.45) is 10.8 Å². The van der Waals surface area contributed by atoms with Crippen molar-refractivity contribution in [3.63, 3.8) is 0 Å². The van der Waals surface area contributed by atoms with Crippen LogP contribution in [0, 0.1) is 10.8 Å². The molecule has 0 bridgehead atoms. The normalized spacial score (nSPS) is 19.7. The Morgan fingerprint density at radius 1 is 0.539 bits per heavy atom. The van der Waals surface area contributed by atoms with Gasteiger partial charge in [0.1, 0.15) is 24.2 Å². The van der Waals surface area contributed by atoms with Crippen LogP contribution in [0.2, 0.25) is 0 Å². The monoisotopic (exact) mass is 1100 g/mol. The molecule has 3 aromatic carbocycles. The van der Waals surface area contributed by atoms with Crippen molar-refractivity contribution < 1.29 is 48.6 Å². The fourth-order valence-electron chi connectivity index (χ4n) is 9.01. The SMILES string of the molecule is CN[C@@H](C)C(=O)N[C@H](C(=O)N1C[C@@H](NC(=O)c2cccc(C(=O)N[C@H]3C[C@@H](C(=O)N[C@H](CO)c4ccccc4)N(C(=O)[C@@H](NC(=O)[C@H](C)NC)C(C)(C)C)C3)c2)C[C@H]1C(=O)N[C@H](CO)c1ccccc1)C(C)(C)C.Cl.Cl. The Hall–Kier alpha value is -6.16. The summed E-state index contributed by atoms with van der Waals surface area (Å²) < 4.78 is 0. The molecule has 418 valence electrons. The summed E-state index contributed by atoms with van der Waals surface area (Å²) in [6, 6.07) is 14.9. The van der Waals surface area contributed by atoms with Crippen LogP contribution in [0.3, 0.4) is 0 Å². The Labute approximate surface area is 458 Å². The lowest BCUT2D eigenvalue weighted by Crippen LogP contribution is -2.59. The first-order valence-electron chi connectivity index (χ1n) is 25.1. The lowest BCUT2D eigenvalue weighted by atomic mass is 9.85. The van der Waals surface area contributed by atoms with Crippen molar-refractivity contribution in [3.05, 3.63) is 107 Å². The number of likely N-dealkylation sites (N-methyl/N-ethyl adjacent to an activating group) is 2. The van der Waals surface area contributed by atoms with E-state index in [1.807, 2.05) is 0 Å². The van der Waals surface area contributed by atoms with Gasteiger partial charge in [0.15, 0.2) is 0 Å². The fourth-order valence-corrected chi connectivity index (χ4v) is 9.01. The second kappa shape index (κ2) is 28.3. The Balaban J connectivity index is 0.00000760. The van der Waals surface area contributed by atoms with Crippen LogP contribution in [0.15, 0.2) is 84.9 Å². The average Bonchev–Trinajstić information content (AvgIpc) is 4.01. The van der Waals surface area contributed by atoms with E-state index in [4.69, 9.17) is 0 Å². The number of hydrogen-bond acceptors (Lipinski definition) is 12. The van der Waals surface area contributed by atoms with Crippen LogP contribution in [0.25, 0.3) is 0 Å². The predicted octanol–water partition coefficient (Wildman–Crippen LogP) is 1.91. The molecule has 76 heavy (non-hydrogen) atoms. The minimum atomic E-state index is -1.12. The maximum atomic E-state index is 14.6. The van der Waals surface area contributed by atoms with Gasteiger partial charge >= 0.3 is 0 Å². The molecule has 5 rings (SSSR count).